The molecule has 0 aliphatic carbocycles. The molecule has 0 aliphatic rings. The van der Waals surface area contributed by atoms with Gasteiger partial charge in [0.1, 0.15) is 0 Å². The zero-order chi connectivity index (χ0) is 17.7. The van der Waals surface area contributed by atoms with Gasteiger partial charge in [-0.05, 0) is 32.0 Å². The predicted molar refractivity (Wildman–Crippen MR) is 85.4 cm³/mol. The van der Waals surface area contributed by atoms with E-state index in [1.807, 2.05) is 0 Å². The molecule has 1 heterocycles. The van der Waals surface area contributed by atoms with Crippen LogP contribution >= 0.6 is 0 Å². The summed E-state index contributed by atoms with van der Waals surface area (Å²) in [7, 11) is 0. The number of hydrogen-bond donors (Lipinski definition) is 1. The Balaban J connectivity index is 2.02. The lowest BCUT2D eigenvalue weighted by molar-refractivity contribution is -0.608. The molecule has 124 valence electrons. The lowest BCUT2D eigenvalue weighted by atomic mass is 10.1. The predicted octanol–water partition coefficient (Wildman–Crippen LogP) is 1.71. The Labute approximate surface area is 138 Å². The Morgan fingerprint density at radius 2 is 1.92 bits per heavy atom. The van der Waals surface area contributed by atoms with Crippen molar-refractivity contribution < 1.29 is 23.9 Å². The molecule has 2 aromatic rings. The van der Waals surface area contributed by atoms with E-state index in [1.165, 1.54) is 38.1 Å². The maximum atomic E-state index is 12.1. The van der Waals surface area contributed by atoms with Gasteiger partial charge in [-0.3, -0.25) is 9.59 Å². The average Bonchev–Trinajstić information content (AvgIpc) is 2.55. The zero-order valence-corrected chi connectivity index (χ0v) is 13.2. The monoisotopic (exact) mass is 328 g/mol. The number of esters is 1. The van der Waals surface area contributed by atoms with Crippen LogP contribution in [0.4, 0.5) is 5.69 Å². The van der Waals surface area contributed by atoms with Gasteiger partial charge >= 0.3 is 11.7 Å². The highest BCUT2D eigenvalue weighted by Crippen LogP contribution is 2.12. The number of Topliss-reactive ketones (excluding diaryl/α,β-unsaturated/α-hetero) is 1. The third-order valence-electron chi connectivity index (χ3n) is 3.22. The molecule has 0 bridgehead atoms. The second-order valence-corrected chi connectivity index (χ2v) is 5.09. The fraction of sp³-hybridized carbons (Fsp3) is 0.176. The van der Waals surface area contributed by atoms with E-state index in [4.69, 9.17) is 4.74 Å². The molecule has 0 fully saturated rings. The molecule has 1 atom stereocenters. The van der Waals surface area contributed by atoms with Crippen LogP contribution in [-0.2, 0) is 9.53 Å². The maximum Gasteiger partial charge on any atom is 0.405 e. The molecule has 0 radical (unpaired) electrons. The minimum atomic E-state index is -1.11. The summed E-state index contributed by atoms with van der Waals surface area (Å²) >= 11 is 0. The van der Waals surface area contributed by atoms with Gasteiger partial charge in [0.2, 0.25) is 0 Å². The summed E-state index contributed by atoms with van der Waals surface area (Å²) in [5.41, 5.74) is 0.652. The molecule has 1 aromatic heterocycles. The Morgan fingerprint density at radius 1 is 1.17 bits per heavy atom. The lowest BCUT2D eigenvalue weighted by Crippen LogP contribution is -2.37. The first-order valence-corrected chi connectivity index (χ1v) is 7.19. The summed E-state index contributed by atoms with van der Waals surface area (Å²) in [5, 5.41) is 14.0. The van der Waals surface area contributed by atoms with Crippen molar-refractivity contribution in [3.63, 3.8) is 0 Å². The second-order valence-electron chi connectivity index (χ2n) is 5.09. The molecule has 0 saturated heterocycles. The van der Waals surface area contributed by atoms with Crippen molar-refractivity contribution in [1.82, 2.24) is 0 Å². The highest BCUT2D eigenvalue weighted by Gasteiger charge is 2.23. The number of benzene rings is 1. The van der Waals surface area contributed by atoms with Crippen LogP contribution in [0.2, 0.25) is 0 Å². The first kappa shape index (κ1) is 17.1. The van der Waals surface area contributed by atoms with Crippen molar-refractivity contribution in [1.29, 1.82) is 0 Å². The van der Waals surface area contributed by atoms with Crippen LogP contribution in [0.25, 0.3) is 0 Å². The van der Waals surface area contributed by atoms with E-state index in [0.717, 1.165) is 6.20 Å². The number of hydrogen-bond acceptors (Lipinski definition) is 5. The number of carbonyl (C=O) groups is 3. The molecule has 0 saturated carbocycles. The van der Waals surface area contributed by atoms with Crippen LogP contribution in [-0.4, -0.2) is 23.8 Å². The number of rotatable bonds is 5. The smallest absolute Gasteiger partial charge is 0.405 e. The molecular formula is C17H16N2O5. The molecule has 1 amide bonds. The SMILES string of the molecule is CC(=O)c1cccc(NC(=O)[C@@H](C)OC(=O)c2cccc[n+]2[O-])c1. The highest BCUT2D eigenvalue weighted by molar-refractivity contribution is 5.99. The van der Waals surface area contributed by atoms with E-state index in [-0.39, 0.29) is 11.5 Å². The molecule has 2 rings (SSSR count). The normalized spacial score (nSPS) is 11.4. The number of ether oxygens (including phenoxy) is 1. The second kappa shape index (κ2) is 7.36. The fourth-order valence-electron chi connectivity index (χ4n) is 1.92. The van der Waals surface area contributed by atoms with Crippen LogP contribution < -0.4 is 10.0 Å². The van der Waals surface area contributed by atoms with Gasteiger partial charge in [-0.2, -0.15) is 4.73 Å². The quantitative estimate of drug-likeness (QED) is 0.390. The van der Waals surface area contributed by atoms with Crippen molar-refractivity contribution >= 4 is 23.3 Å². The van der Waals surface area contributed by atoms with Gasteiger partial charge in [0, 0.05) is 23.4 Å². The van der Waals surface area contributed by atoms with E-state index in [9.17, 15) is 19.6 Å². The minimum Gasteiger partial charge on any atom is -0.618 e. The largest absolute Gasteiger partial charge is 0.618 e. The first-order chi connectivity index (χ1) is 11.4. The number of ketones is 1. The van der Waals surface area contributed by atoms with Gasteiger partial charge in [-0.25, -0.2) is 4.79 Å². The van der Waals surface area contributed by atoms with Crippen molar-refractivity contribution in [2.75, 3.05) is 5.32 Å². The molecule has 7 nitrogen and oxygen atoms in total. The Hall–Kier alpha value is -3.22. The number of nitrogens with one attached hydrogen (secondary N) is 1. The Kier molecular flexibility index (Phi) is 5.26. The number of amides is 1. The molecule has 7 heteroatoms. The third-order valence-corrected chi connectivity index (χ3v) is 3.22. The summed E-state index contributed by atoms with van der Waals surface area (Å²) in [4.78, 5) is 35.3. The Bertz CT molecular complexity index is 788. The molecule has 0 unspecified atom stereocenters. The first-order valence-electron chi connectivity index (χ1n) is 7.19. The fourth-order valence-corrected chi connectivity index (χ4v) is 1.92. The van der Waals surface area contributed by atoms with E-state index < -0.39 is 18.0 Å². The number of carbonyl (C=O) groups excluding carboxylic acids is 3. The molecular weight excluding hydrogens is 312 g/mol. The van der Waals surface area contributed by atoms with Crippen molar-refractivity contribution in [2.24, 2.45) is 0 Å². The number of aromatic nitrogens is 1. The number of pyridine rings is 1. The van der Waals surface area contributed by atoms with E-state index >= 15 is 0 Å². The topological polar surface area (TPSA) is 99.4 Å². The van der Waals surface area contributed by atoms with Crippen molar-refractivity contribution in [2.45, 2.75) is 20.0 Å². The number of nitrogens with zero attached hydrogens (tertiary/aromatic N) is 1. The standard InChI is InChI=1S/C17H16N2O5/c1-11(20)13-6-5-7-14(10-13)18-16(21)12(2)24-17(22)15-8-3-4-9-19(15)23/h3-10,12H,1-2H3,(H,18,21)/t12-/m1/s1. The Morgan fingerprint density at radius 3 is 2.58 bits per heavy atom. The van der Waals surface area contributed by atoms with E-state index in [2.05, 4.69) is 5.32 Å². The number of anilines is 1. The van der Waals surface area contributed by atoms with Gasteiger partial charge in [0.25, 0.3) is 5.91 Å². The van der Waals surface area contributed by atoms with E-state index in [0.29, 0.717) is 16.0 Å². The summed E-state index contributed by atoms with van der Waals surface area (Å²) in [6.45, 7) is 2.81. The highest BCUT2D eigenvalue weighted by atomic mass is 16.6. The van der Waals surface area contributed by atoms with Crippen LogP contribution in [0.15, 0.2) is 48.7 Å². The van der Waals surface area contributed by atoms with Crippen LogP contribution in [0.1, 0.15) is 34.7 Å². The maximum absolute atomic E-state index is 12.1. The summed E-state index contributed by atoms with van der Waals surface area (Å²) in [6.07, 6.45) is 0.0490. The minimum absolute atomic E-state index is 0.130. The van der Waals surface area contributed by atoms with Gasteiger partial charge in [0.15, 0.2) is 18.1 Å². The van der Waals surface area contributed by atoms with Gasteiger partial charge in [-0.1, -0.05) is 12.1 Å². The van der Waals surface area contributed by atoms with Crippen molar-refractivity contribution in [3.8, 4) is 0 Å². The molecule has 0 aliphatic heterocycles. The zero-order valence-electron chi connectivity index (χ0n) is 13.2. The molecule has 0 spiro atoms. The molecule has 24 heavy (non-hydrogen) atoms. The summed E-state index contributed by atoms with van der Waals surface area (Å²) < 4.78 is 5.35. The van der Waals surface area contributed by atoms with Crippen molar-refractivity contribution in [3.05, 3.63) is 65.1 Å². The third kappa shape index (κ3) is 4.16. The van der Waals surface area contributed by atoms with Gasteiger partial charge in [0.05, 0.1) is 0 Å². The lowest BCUT2D eigenvalue weighted by Gasteiger charge is -2.13. The van der Waals surface area contributed by atoms with Gasteiger partial charge in [-0.15, -0.1) is 0 Å². The van der Waals surface area contributed by atoms with Crippen LogP contribution in [0.3, 0.4) is 0 Å². The summed E-state index contributed by atoms with van der Waals surface area (Å²) in [5.74, 6) is -1.60. The molecule has 1 aromatic carbocycles. The van der Waals surface area contributed by atoms with Crippen LogP contribution in [0, 0.1) is 5.21 Å². The van der Waals surface area contributed by atoms with Crippen LogP contribution in [0.5, 0.6) is 0 Å². The molecule has 1 N–H and O–H groups in total. The van der Waals surface area contributed by atoms with Gasteiger partial charge < -0.3 is 15.3 Å². The average molecular weight is 328 g/mol. The van der Waals surface area contributed by atoms with E-state index in [1.54, 1.807) is 18.2 Å². The summed E-state index contributed by atoms with van der Waals surface area (Å²) in [6, 6.07) is 10.7.